The molecule has 0 amide bonds. The monoisotopic (exact) mass is 366 g/mol. The maximum absolute atomic E-state index is 9.50. The van der Waals surface area contributed by atoms with E-state index in [4.69, 9.17) is 16.3 Å². The highest BCUT2D eigenvalue weighted by molar-refractivity contribution is 7.11. The van der Waals surface area contributed by atoms with Crippen LogP contribution in [-0.2, 0) is 0 Å². The van der Waals surface area contributed by atoms with Crippen LogP contribution in [0.15, 0.2) is 53.9 Å². The van der Waals surface area contributed by atoms with Crippen molar-refractivity contribution in [1.29, 1.82) is 5.26 Å². The number of rotatable bonds is 5. The lowest BCUT2D eigenvalue weighted by Gasteiger charge is -2.02. The van der Waals surface area contributed by atoms with Crippen LogP contribution in [0, 0.1) is 11.3 Å². The first-order valence-corrected chi connectivity index (χ1v) is 9.02. The molecule has 25 heavy (non-hydrogen) atoms. The zero-order valence-electron chi connectivity index (χ0n) is 13.6. The lowest BCUT2D eigenvalue weighted by molar-refractivity contribution is 0.340. The number of aromatic nitrogens is 1. The smallest absolute Gasteiger partial charge is 0.134 e. The molecule has 5 heteroatoms. The van der Waals surface area contributed by atoms with Crippen molar-refractivity contribution in [2.75, 3.05) is 6.61 Å². The van der Waals surface area contributed by atoms with E-state index in [2.05, 4.69) is 11.1 Å². The van der Waals surface area contributed by atoms with Gasteiger partial charge in [-0.1, -0.05) is 35.9 Å². The molecule has 0 spiro atoms. The van der Waals surface area contributed by atoms with Crippen LogP contribution in [0.5, 0.6) is 5.75 Å². The lowest BCUT2D eigenvalue weighted by atomic mass is 10.1. The largest absolute Gasteiger partial charge is 0.494 e. The third-order valence-corrected chi connectivity index (χ3v) is 4.62. The SMILES string of the molecule is CCOc1ccc(/C=C(/C#N)c2nc(-c3ccc(Cl)cc3)cs2)cc1. The van der Waals surface area contributed by atoms with Gasteiger partial charge in [-0.3, -0.25) is 0 Å². The van der Waals surface area contributed by atoms with Gasteiger partial charge in [0.2, 0.25) is 0 Å². The number of nitriles is 1. The molecule has 1 aromatic heterocycles. The zero-order chi connectivity index (χ0) is 17.6. The fourth-order valence-electron chi connectivity index (χ4n) is 2.29. The maximum Gasteiger partial charge on any atom is 0.134 e. The Morgan fingerprint density at radius 3 is 2.56 bits per heavy atom. The molecule has 0 fully saturated rings. The fourth-order valence-corrected chi connectivity index (χ4v) is 3.21. The molecule has 0 aliphatic carbocycles. The van der Waals surface area contributed by atoms with Crippen molar-refractivity contribution in [2.24, 2.45) is 0 Å². The number of thiazole rings is 1. The molecule has 0 saturated carbocycles. The number of hydrogen-bond donors (Lipinski definition) is 0. The summed E-state index contributed by atoms with van der Waals surface area (Å²) in [5.41, 5.74) is 3.28. The molecule has 3 aromatic rings. The van der Waals surface area contributed by atoms with Gasteiger partial charge in [0, 0.05) is 16.0 Å². The molecule has 2 aromatic carbocycles. The molecule has 0 aliphatic heterocycles. The number of allylic oxidation sites excluding steroid dienone is 1. The highest BCUT2D eigenvalue weighted by Crippen LogP contribution is 2.28. The second-order valence-electron chi connectivity index (χ2n) is 5.22. The van der Waals surface area contributed by atoms with Gasteiger partial charge in [0.05, 0.1) is 17.9 Å². The van der Waals surface area contributed by atoms with Crippen molar-refractivity contribution < 1.29 is 4.74 Å². The predicted octanol–water partition coefficient (Wildman–Crippen LogP) is 5.93. The van der Waals surface area contributed by atoms with E-state index in [1.165, 1.54) is 11.3 Å². The van der Waals surface area contributed by atoms with E-state index in [9.17, 15) is 5.26 Å². The third kappa shape index (κ3) is 4.27. The zero-order valence-corrected chi connectivity index (χ0v) is 15.1. The lowest BCUT2D eigenvalue weighted by Crippen LogP contribution is -1.90. The van der Waals surface area contributed by atoms with Crippen LogP contribution in [0.25, 0.3) is 22.9 Å². The molecule has 0 aliphatic rings. The molecule has 0 saturated heterocycles. The van der Waals surface area contributed by atoms with Crippen LogP contribution in [0.2, 0.25) is 5.02 Å². The summed E-state index contributed by atoms with van der Waals surface area (Å²) in [4.78, 5) is 4.58. The van der Waals surface area contributed by atoms with Gasteiger partial charge in [-0.05, 0) is 42.8 Å². The van der Waals surface area contributed by atoms with Gasteiger partial charge in [0.25, 0.3) is 0 Å². The quantitative estimate of drug-likeness (QED) is 0.526. The fraction of sp³-hybridized carbons (Fsp3) is 0.100. The normalized spacial score (nSPS) is 11.2. The maximum atomic E-state index is 9.50. The molecular weight excluding hydrogens is 352 g/mol. The van der Waals surface area contributed by atoms with Crippen molar-refractivity contribution in [3.8, 4) is 23.1 Å². The average molecular weight is 367 g/mol. The van der Waals surface area contributed by atoms with Gasteiger partial charge >= 0.3 is 0 Å². The molecule has 3 nitrogen and oxygen atoms in total. The standard InChI is InChI=1S/C20H15ClN2OS/c1-2-24-18-9-3-14(4-10-18)11-16(12-22)20-23-19(13-25-20)15-5-7-17(21)8-6-15/h3-11,13H,2H2,1H3/b16-11-. The van der Waals surface area contributed by atoms with Gasteiger partial charge < -0.3 is 4.74 Å². The third-order valence-electron chi connectivity index (χ3n) is 3.50. The van der Waals surface area contributed by atoms with E-state index in [0.29, 0.717) is 22.2 Å². The predicted molar refractivity (Wildman–Crippen MR) is 104 cm³/mol. The number of halogens is 1. The Morgan fingerprint density at radius 2 is 1.92 bits per heavy atom. The summed E-state index contributed by atoms with van der Waals surface area (Å²) in [5, 5.41) is 12.8. The van der Waals surface area contributed by atoms with Crippen molar-refractivity contribution in [3.63, 3.8) is 0 Å². The van der Waals surface area contributed by atoms with Gasteiger partial charge in [0.15, 0.2) is 0 Å². The summed E-state index contributed by atoms with van der Waals surface area (Å²) in [6, 6.07) is 17.4. The Labute approximate surface area is 155 Å². The highest BCUT2D eigenvalue weighted by atomic mass is 35.5. The van der Waals surface area contributed by atoms with E-state index in [0.717, 1.165) is 22.6 Å². The van der Waals surface area contributed by atoms with E-state index < -0.39 is 0 Å². The Bertz CT molecular complexity index is 922. The first-order chi connectivity index (χ1) is 12.2. The molecule has 0 radical (unpaired) electrons. The van der Waals surface area contributed by atoms with E-state index in [1.807, 2.05) is 66.9 Å². The van der Waals surface area contributed by atoms with Crippen LogP contribution in [-0.4, -0.2) is 11.6 Å². The number of hydrogen-bond acceptors (Lipinski definition) is 4. The van der Waals surface area contributed by atoms with Gasteiger partial charge in [0.1, 0.15) is 16.8 Å². The van der Waals surface area contributed by atoms with Crippen molar-refractivity contribution in [2.45, 2.75) is 6.92 Å². The summed E-state index contributed by atoms with van der Waals surface area (Å²) >= 11 is 7.37. The molecule has 0 atom stereocenters. The Hall–Kier alpha value is -2.61. The van der Waals surface area contributed by atoms with Crippen LogP contribution >= 0.6 is 22.9 Å². The minimum Gasteiger partial charge on any atom is -0.494 e. The van der Waals surface area contributed by atoms with Crippen molar-refractivity contribution in [3.05, 3.63) is 69.5 Å². The first kappa shape index (κ1) is 17.2. The molecule has 0 unspecified atom stereocenters. The highest BCUT2D eigenvalue weighted by Gasteiger charge is 2.09. The van der Waals surface area contributed by atoms with Gasteiger partial charge in [-0.2, -0.15) is 5.26 Å². The van der Waals surface area contributed by atoms with Crippen LogP contribution < -0.4 is 4.74 Å². The van der Waals surface area contributed by atoms with Crippen LogP contribution in [0.3, 0.4) is 0 Å². The van der Waals surface area contributed by atoms with Crippen molar-refractivity contribution in [1.82, 2.24) is 4.98 Å². The second-order valence-corrected chi connectivity index (χ2v) is 6.51. The first-order valence-electron chi connectivity index (χ1n) is 7.76. The summed E-state index contributed by atoms with van der Waals surface area (Å²) < 4.78 is 5.43. The van der Waals surface area contributed by atoms with E-state index >= 15 is 0 Å². The molecule has 1 heterocycles. The number of ether oxygens (including phenoxy) is 1. The average Bonchev–Trinajstić information content (AvgIpc) is 3.12. The summed E-state index contributed by atoms with van der Waals surface area (Å²) in [7, 11) is 0. The Morgan fingerprint density at radius 1 is 1.20 bits per heavy atom. The minimum atomic E-state index is 0.536. The van der Waals surface area contributed by atoms with E-state index in [-0.39, 0.29) is 0 Å². The second kappa shape index (κ2) is 7.98. The van der Waals surface area contributed by atoms with Crippen LogP contribution in [0.4, 0.5) is 0 Å². The van der Waals surface area contributed by atoms with Gasteiger partial charge in [-0.25, -0.2) is 4.98 Å². The topological polar surface area (TPSA) is 45.9 Å². The van der Waals surface area contributed by atoms with E-state index in [1.54, 1.807) is 0 Å². The summed E-state index contributed by atoms with van der Waals surface area (Å²) in [5.74, 6) is 0.817. The molecule has 124 valence electrons. The minimum absolute atomic E-state index is 0.536. The Kier molecular flexibility index (Phi) is 5.49. The summed E-state index contributed by atoms with van der Waals surface area (Å²) in [6.07, 6.45) is 1.83. The van der Waals surface area contributed by atoms with Crippen LogP contribution in [0.1, 0.15) is 17.5 Å². The Balaban J connectivity index is 1.86. The number of benzene rings is 2. The molecular formula is C20H15ClN2OS. The molecule has 0 N–H and O–H groups in total. The molecule has 3 rings (SSSR count). The van der Waals surface area contributed by atoms with Gasteiger partial charge in [-0.15, -0.1) is 11.3 Å². The number of nitrogens with zero attached hydrogens (tertiary/aromatic N) is 2. The summed E-state index contributed by atoms with van der Waals surface area (Å²) in [6.45, 7) is 2.58. The molecule has 0 bridgehead atoms. The van der Waals surface area contributed by atoms with Crippen molar-refractivity contribution >= 4 is 34.6 Å².